The highest BCUT2D eigenvalue weighted by Gasteiger charge is 2.17. The number of ether oxygens (including phenoxy) is 2. The van der Waals surface area contributed by atoms with E-state index in [2.05, 4.69) is 4.74 Å². The van der Waals surface area contributed by atoms with E-state index < -0.39 is 11.8 Å². The van der Waals surface area contributed by atoms with E-state index in [0.717, 1.165) is 6.07 Å². The fourth-order valence-corrected chi connectivity index (χ4v) is 1.87. The Morgan fingerprint density at radius 3 is 2.65 bits per heavy atom. The van der Waals surface area contributed by atoms with Crippen molar-refractivity contribution in [1.29, 1.82) is 0 Å². The maximum absolute atomic E-state index is 14.0. The number of carbonyl (C=O) groups is 1. The molecule has 6 heteroatoms. The highest BCUT2D eigenvalue weighted by molar-refractivity contribution is 5.96. The van der Waals surface area contributed by atoms with Crippen LogP contribution >= 0.6 is 0 Å². The van der Waals surface area contributed by atoms with Crippen LogP contribution in [0.25, 0.3) is 0 Å². The minimum Gasteiger partial charge on any atom is -0.465 e. The first-order valence-electron chi connectivity index (χ1n) is 6.55. The van der Waals surface area contributed by atoms with Crippen LogP contribution in [0, 0.1) is 5.82 Å². The quantitative estimate of drug-likeness (QED) is 0.471. The molecule has 0 radical (unpaired) electrons. The number of methoxy groups -OCH3 is 1. The van der Waals surface area contributed by atoms with Gasteiger partial charge < -0.3 is 20.1 Å². The van der Waals surface area contributed by atoms with Crippen molar-refractivity contribution in [3.8, 4) is 0 Å². The lowest BCUT2D eigenvalue weighted by Crippen LogP contribution is -2.28. The number of anilines is 2. The number of benzene rings is 1. The summed E-state index contributed by atoms with van der Waals surface area (Å²) in [6.45, 7) is 6.02. The standard InChI is InChI=1S/C14H21FN2O3/c1-4-17(6-7-20-5-2)13-8-10(14(18)19-3)12(16)9-11(13)15/h8-9H,4-7,16H2,1-3H3. The van der Waals surface area contributed by atoms with Crippen LogP contribution < -0.4 is 10.6 Å². The van der Waals surface area contributed by atoms with Gasteiger partial charge in [-0.25, -0.2) is 9.18 Å². The van der Waals surface area contributed by atoms with Crippen molar-refractivity contribution in [3.05, 3.63) is 23.5 Å². The van der Waals surface area contributed by atoms with Crippen LogP contribution in [0.2, 0.25) is 0 Å². The predicted octanol–water partition coefficient (Wildman–Crippen LogP) is 2.06. The summed E-state index contributed by atoms with van der Waals surface area (Å²) in [6, 6.07) is 2.57. The Bertz CT molecular complexity index is 466. The zero-order chi connectivity index (χ0) is 15.1. The van der Waals surface area contributed by atoms with Crippen LogP contribution in [0.1, 0.15) is 24.2 Å². The van der Waals surface area contributed by atoms with Gasteiger partial charge in [0.05, 0.1) is 25.0 Å². The highest BCUT2D eigenvalue weighted by Crippen LogP contribution is 2.26. The summed E-state index contributed by atoms with van der Waals surface area (Å²) < 4.78 is 23.9. The van der Waals surface area contributed by atoms with Crippen molar-refractivity contribution in [2.45, 2.75) is 13.8 Å². The van der Waals surface area contributed by atoms with Gasteiger partial charge in [-0.2, -0.15) is 0 Å². The molecule has 0 spiro atoms. The number of esters is 1. The molecule has 0 unspecified atom stereocenters. The number of carbonyl (C=O) groups excluding carboxylic acids is 1. The van der Waals surface area contributed by atoms with E-state index in [9.17, 15) is 9.18 Å². The van der Waals surface area contributed by atoms with Crippen LogP contribution in [-0.2, 0) is 9.47 Å². The molecule has 0 heterocycles. The predicted molar refractivity (Wildman–Crippen MR) is 76.5 cm³/mol. The van der Waals surface area contributed by atoms with E-state index >= 15 is 0 Å². The van der Waals surface area contributed by atoms with Gasteiger partial charge in [0.15, 0.2) is 0 Å². The first-order chi connectivity index (χ1) is 9.54. The van der Waals surface area contributed by atoms with Crippen molar-refractivity contribution in [3.63, 3.8) is 0 Å². The fraction of sp³-hybridized carbons (Fsp3) is 0.500. The molecule has 5 nitrogen and oxygen atoms in total. The SMILES string of the molecule is CCOCCN(CC)c1cc(C(=O)OC)c(N)cc1F. The van der Waals surface area contributed by atoms with Gasteiger partial charge in [-0.3, -0.25) is 0 Å². The molecule has 1 rings (SSSR count). The van der Waals surface area contributed by atoms with Crippen molar-refractivity contribution in [1.82, 2.24) is 0 Å². The van der Waals surface area contributed by atoms with Crippen molar-refractivity contribution in [2.75, 3.05) is 44.0 Å². The molecule has 0 aliphatic rings. The molecule has 0 amide bonds. The molecule has 1 aromatic carbocycles. The van der Waals surface area contributed by atoms with Gasteiger partial charge in [0.1, 0.15) is 5.82 Å². The van der Waals surface area contributed by atoms with Gasteiger partial charge in [0.2, 0.25) is 0 Å². The summed E-state index contributed by atoms with van der Waals surface area (Å²) in [6.07, 6.45) is 0. The van der Waals surface area contributed by atoms with Crippen LogP contribution in [-0.4, -0.2) is 39.4 Å². The van der Waals surface area contributed by atoms with Crippen LogP contribution in [0.5, 0.6) is 0 Å². The average molecular weight is 284 g/mol. The summed E-state index contributed by atoms with van der Waals surface area (Å²) >= 11 is 0. The number of hydrogen-bond acceptors (Lipinski definition) is 5. The summed E-state index contributed by atoms with van der Waals surface area (Å²) in [7, 11) is 1.26. The topological polar surface area (TPSA) is 64.8 Å². The van der Waals surface area contributed by atoms with Crippen LogP contribution in [0.15, 0.2) is 12.1 Å². The Morgan fingerprint density at radius 2 is 2.10 bits per heavy atom. The van der Waals surface area contributed by atoms with Gasteiger partial charge in [-0.15, -0.1) is 0 Å². The summed E-state index contributed by atoms with van der Waals surface area (Å²) in [5, 5.41) is 0. The largest absolute Gasteiger partial charge is 0.465 e. The normalized spacial score (nSPS) is 10.4. The Balaban J connectivity index is 3.05. The molecule has 112 valence electrons. The van der Waals surface area contributed by atoms with Crippen LogP contribution in [0.4, 0.5) is 15.8 Å². The molecule has 20 heavy (non-hydrogen) atoms. The zero-order valence-electron chi connectivity index (χ0n) is 12.1. The van der Waals surface area contributed by atoms with E-state index in [1.165, 1.54) is 13.2 Å². The smallest absolute Gasteiger partial charge is 0.340 e. The number of nitrogens with zero attached hydrogens (tertiary/aromatic N) is 1. The second-order valence-corrected chi connectivity index (χ2v) is 4.16. The first kappa shape index (κ1) is 16.2. The minimum absolute atomic E-state index is 0.0685. The lowest BCUT2D eigenvalue weighted by Gasteiger charge is -2.24. The van der Waals surface area contributed by atoms with E-state index in [1.807, 2.05) is 13.8 Å². The molecular weight excluding hydrogens is 263 g/mol. The molecular formula is C14H21FN2O3. The summed E-state index contributed by atoms with van der Waals surface area (Å²) in [4.78, 5) is 13.4. The van der Waals surface area contributed by atoms with E-state index in [1.54, 1.807) is 4.90 Å². The van der Waals surface area contributed by atoms with Crippen molar-refractivity contribution < 1.29 is 18.7 Å². The Morgan fingerprint density at radius 1 is 1.40 bits per heavy atom. The number of hydrogen-bond donors (Lipinski definition) is 1. The van der Waals surface area contributed by atoms with Gasteiger partial charge in [0, 0.05) is 25.4 Å². The van der Waals surface area contributed by atoms with E-state index in [4.69, 9.17) is 10.5 Å². The van der Waals surface area contributed by atoms with Gasteiger partial charge in [-0.05, 0) is 26.0 Å². The summed E-state index contributed by atoms with van der Waals surface area (Å²) in [5.41, 5.74) is 6.20. The van der Waals surface area contributed by atoms with Gasteiger partial charge in [0.25, 0.3) is 0 Å². The molecule has 0 fully saturated rings. The first-order valence-corrected chi connectivity index (χ1v) is 6.55. The molecule has 0 aromatic heterocycles. The fourth-order valence-electron chi connectivity index (χ4n) is 1.87. The van der Waals surface area contributed by atoms with Gasteiger partial charge in [-0.1, -0.05) is 0 Å². The van der Waals surface area contributed by atoms with Crippen molar-refractivity contribution in [2.24, 2.45) is 0 Å². The molecule has 1 aromatic rings. The molecule has 2 N–H and O–H groups in total. The number of nitrogen functional groups attached to an aromatic ring is 1. The molecule has 0 aliphatic heterocycles. The third kappa shape index (κ3) is 3.84. The third-order valence-electron chi connectivity index (χ3n) is 2.96. The Kier molecular flexibility index (Phi) is 6.24. The second kappa shape index (κ2) is 7.69. The second-order valence-electron chi connectivity index (χ2n) is 4.16. The molecule has 0 atom stereocenters. The minimum atomic E-state index is -0.579. The van der Waals surface area contributed by atoms with Gasteiger partial charge >= 0.3 is 5.97 Å². The number of halogens is 1. The number of rotatable bonds is 7. The summed E-state index contributed by atoms with van der Waals surface area (Å²) in [5.74, 6) is -1.04. The molecule has 0 bridgehead atoms. The zero-order valence-corrected chi connectivity index (χ0v) is 12.1. The molecule has 0 saturated heterocycles. The third-order valence-corrected chi connectivity index (χ3v) is 2.96. The Hall–Kier alpha value is -1.82. The number of likely N-dealkylation sites (N-methyl/N-ethyl adjacent to an activating group) is 1. The maximum Gasteiger partial charge on any atom is 0.340 e. The number of nitrogens with two attached hydrogens (primary N) is 1. The monoisotopic (exact) mass is 284 g/mol. The van der Waals surface area contributed by atoms with Crippen LogP contribution in [0.3, 0.4) is 0 Å². The lowest BCUT2D eigenvalue weighted by molar-refractivity contribution is 0.0602. The van der Waals surface area contributed by atoms with E-state index in [0.29, 0.717) is 32.0 Å². The maximum atomic E-state index is 14.0. The Labute approximate surface area is 118 Å². The lowest BCUT2D eigenvalue weighted by atomic mass is 10.1. The average Bonchev–Trinajstić information content (AvgIpc) is 2.44. The van der Waals surface area contributed by atoms with Crippen molar-refractivity contribution >= 4 is 17.3 Å². The van der Waals surface area contributed by atoms with E-state index in [-0.39, 0.29) is 11.3 Å². The molecule has 0 saturated carbocycles. The molecule has 0 aliphatic carbocycles. The highest BCUT2D eigenvalue weighted by atomic mass is 19.1.